The summed E-state index contributed by atoms with van der Waals surface area (Å²) in [4.78, 5) is 0. The normalized spacial score (nSPS) is 12.5. The Bertz CT molecular complexity index is 88.2. The summed E-state index contributed by atoms with van der Waals surface area (Å²) in [6.45, 7) is 8.32. The van der Waals surface area contributed by atoms with Crippen molar-refractivity contribution in [2.45, 2.75) is 33.6 Å². The Morgan fingerprint density at radius 2 is 1.36 bits per heavy atom. The Morgan fingerprint density at radius 3 is 1.55 bits per heavy atom. The van der Waals surface area contributed by atoms with Crippen LogP contribution in [0, 0.1) is 11.3 Å². The molecule has 2 nitrogen and oxygen atoms in total. The van der Waals surface area contributed by atoms with Crippen molar-refractivity contribution < 1.29 is 0 Å². The Morgan fingerprint density at radius 1 is 1.00 bits per heavy atom. The van der Waals surface area contributed by atoms with E-state index >= 15 is 0 Å². The highest BCUT2D eigenvalue weighted by molar-refractivity contribution is 4.74. The van der Waals surface area contributed by atoms with Gasteiger partial charge in [0.25, 0.3) is 0 Å². The summed E-state index contributed by atoms with van der Waals surface area (Å²) in [6.07, 6.45) is 2.20. The van der Waals surface area contributed by atoms with Crippen molar-refractivity contribution in [1.29, 1.82) is 0 Å². The van der Waals surface area contributed by atoms with Gasteiger partial charge >= 0.3 is 0 Å². The van der Waals surface area contributed by atoms with Gasteiger partial charge in [-0.1, -0.05) is 20.8 Å². The van der Waals surface area contributed by atoms with Crippen molar-refractivity contribution in [2.24, 2.45) is 22.8 Å². The van der Waals surface area contributed by atoms with E-state index in [1.54, 1.807) is 0 Å². The van der Waals surface area contributed by atoms with Crippen molar-refractivity contribution in [3.63, 3.8) is 0 Å². The van der Waals surface area contributed by atoms with E-state index in [9.17, 15) is 0 Å². The standard InChI is InChI=1S/C9H22N2/c1-9(2,3)8(4-6-10)5-7-11/h8H,4-7,10-11H2,1-3H3. The van der Waals surface area contributed by atoms with E-state index in [-0.39, 0.29) is 0 Å². The van der Waals surface area contributed by atoms with Crippen molar-refractivity contribution >= 4 is 0 Å². The summed E-state index contributed by atoms with van der Waals surface area (Å²) in [5.41, 5.74) is 11.4. The fourth-order valence-corrected chi connectivity index (χ4v) is 1.41. The lowest BCUT2D eigenvalue weighted by Crippen LogP contribution is -2.25. The van der Waals surface area contributed by atoms with E-state index in [2.05, 4.69) is 20.8 Å². The summed E-state index contributed by atoms with van der Waals surface area (Å²) in [6, 6.07) is 0. The van der Waals surface area contributed by atoms with Crippen molar-refractivity contribution in [2.75, 3.05) is 13.1 Å². The van der Waals surface area contributed by atoms with Crippen LogP contribution in [-0.2, 0) is 0 Å². The summed E-state index contributed by atoms with van der Waals surface area (Å²) in [5, 5.41) is 0. The highest BCUT2D eigenvalue weighted by Crippen LogP contribution is 2.30. The predicted octanol–water partition coefficient (Wildman–Crippen LogP) is 1.35. The minimum atomic E-state index is 0.360. The number of hydrogen-bond donors (Lipinski definition) is 2. The van der Waals surface area contributed by atoms with E-state index in [0.29, 0.717) is 11.3 Å². The van der Waals surface area contributed by atoms with Gasteiger partial charge in [0.05, 0.1) is 0 Å². The third-order valence-electron chi connectivity index (χ3n) is 2.26. The Kier molecular flexibility index (Phi) is 4.69. The van der Waals surface area contributed by atoms with Crippen molar-refractivity contribution in [1.82, 2.24) is 0 Å². The van der Waals surface area contributed by atoms with Crippen LogP contribution in [0.15, 0.2) is 0 Å². The molecule has 0 rings (SSSR count). The zero-order chi connectivity index (χ0) is 8.91. The molecular weight excluding hydrogens is 136 g/mol. The van der Waals surface area contributed by atoms with Crippen LogP contribution in [0.3, 0.4) is 0 Å². The number of hydrogen-bond acceptors (Lipinski definition) is 2. The molecule has 0 bridgehead atoms. The second-order valence-electron chi connectivity index (χ2n) is 4.22. The molecular formula is C9H22N2. The summed E-state index contributed by atoms with van der Waals surface area (Å²) < 4.78 is 0. The van der Waals surface area contributed by atoms with Gasteiger partial charge in [0.15, 0.2) is 0 Å². The Balaban J connectivity index is 3.88. The van der Waals surface area contributed by atoms with Crippen LogP contribution in [-0.4, -0.2) is 13.1 Å². The quantitative estimate of drug-likeness (QED) is 0.649. The topological polar surface area (TPSA) is 52.0 Å². The monoisotopic (exact) mass is 158 g/mol. The smallest absolute Gasteiger partial charge is 0.00744 e. The number of nitrogens with two attached hydrogens (primary N) is 2. The minimum absolute atomic E-state index is 0.360. The van der Waals surface area contributed by atoms with E-state index in [1.165, 1.54) is 0 Å². The van der Waals surface area contributed by atoms with E-state index in [1.807, 2.05) is 0 Å². The second kappa shape index (κ2) is 4.73. The second-order valence-corrected chi connectivity index (χ2v) is 4.22. The maximum Gasteiger partial charge on any atom is -0.00744 e. The maximum atomic E-state index is 5.52. The lowest BCUT2D eigenvalue weighted by molar-refractivity contribution is 0.217. The van der Waals surface area contributed by atoms with Crippen LogP contribution in [0.4, 0.5) is 0 Å². The predicted molar refractivity (Wildman–Crippen MR) is 50.3 cm³/mol. The van der Waals surface area contributed by atoms with Gasteiger partial charge in [-0.25, -0.2) is 0 Å². The maximum absolute atomic E-state index is 5.52. The first-order valence-corrected chi connectivity index (χ1v) is 4.42. The van der Waals surface area contributed by atoms with Crippen LogP contribution in [0.1, 0.15) is 33.6 Å². The lowest BCUT2D eigenvalue weighted by Gasteiger charge is -2.30. The Labute approximate surface area is 70.3 Å². The number of rotatable bonds is 4. The Hall–Kier alpha value is -0.0800. The van der Waals surface area contributed by atoms with E-state index in [4.69, 9.17) is 11.5 Å². The molecule has 0 spiro atoms. The average molecular weight is 158 g/mol. The van der Waals surface area contributed by atoms with Crippen LogP contribution in [0.2, 0.25) is 0 Å². The molecule has 0 aliphatic heterocycles. The average Bonchev–Trinajstić information content (AvgIpc) is 1.85. The third-order valence-corrected chi connectivity index (χ3v) is 2.26. The summed E-state index contributed by atoms with van der Waals surface area (Å²) in [7, 11) is 0. The molecule has 0 aromatic rings. The summed E-state index contributed by atoms with van der Waals surface area (Å²) in [5.74, 6) is 0.678. The fourth-order valence-electron chi connectivity index (χ4n) is 1.41. The zero-order valence-corrected chi connectivity index (χ0v) is 8.06. The minimum Gasteiger partial charge on any atom is -0.330 e. The van der Waals surface area contributed by atoms with Crippen LogP contribution < -0.4 is 11.5 Å². The van der Waals surface area contributed by atoms with Crippen LogP contribution >= 0.6 is 0 Å². The highest BCUT2D eigenvalue weighted by atomic mass is 14.6. The molecule has 4 N–H and O–H groups in total. The van der Waals surface area contributed by atoms with Gasteiger partial charge in [0.1, 0.15) is 0 Å². The first-order valence-electron chi connectivity index (χ1n) is 4.42. The molecule has 0 fully saturated rings. The molecule has 0 unspecified atom stereocenters. The first-order chi connectivity index (χ1) is 5.02. The van der Waals surface area contributed by atoms with Crippen molar-refractivity contribution in [3.8, 4) is 0 Å². The SMILES string of the molecule is CC(C)(C)C(CCN)CCN. The fraction of sp³-hybridized carbons (Fsp3) is 1.00. The van der Waals surface area contributed by atoms with Gasteiger partial charge < -0.3 is 11.5 Å². The van der Waals surface area contributed by atoms with Gasteiger partial charge in [0, 0.05) is 0 Å². The van der Waals surface area contributed by atoms with Gasteiger partial charge in [0.2, 0.25) is 0 Å². The molecule has 0 aromatic heterocycles. The highest BCUT2D eigenvalue weighted by Gasteiger charge is 2.22. The molecule has 0 saturated heterocycles. The largest absolute Gasteiger partial charge is 0.330 e. The molecule has 0 saturated carbocycles. The molecule has 0 aliphatic carbocycles. The zero-order valence-electron chi connectivity index (χ0n) is 8.06. The van der Waals surface area contributed by atoms with Crippen LogP contribution in [0.5, 0.6) is 0 Å². The molecule has 68 valence electrons. The molecule has 0 amide bonds. The molecule has 0 atom stereocenters. The molecule has 2 heteroatoms. The molecule has 11 heavy (non-hydrogen) atoms. The van der Waals surface area contributed by atoms with Gasteiger partial charge in [-0.3, -0.25) is 0 Å². The van der Waals surface area contributed by atoms with E-state index in [0.717, 1.165) is 25.9 Å². The van der Waals surface area contributed by atoms with E-state index < -0.39 is 0 Å². The first kappa shape index (κ1) is 10.9. The molecule has 0 heterocycles. The summed E-state index contributed by atoms with van der Waals surface area (Å²) >= 11 is 0. The lowest BCUT2D eigenvalue weighted by atomic mass is 9.77. The third kappa shape index (κ3) is 4.38. The molecule has 0 aromatic carbocycles. The van der Waals surface area contributed by atoms with Crippen molar-refractivity contribution in [3.05, 3.63) is 0 Å². The van der Waals surface area contributed by atoms with Gasteiger partial charge in [-0.05, 0) is 37.3 Å². The van der Waals surface area contributed by atoms with Crippen LogP contribution in [0.25, 0.3) is 0 Å². The molecule has 0 aliphatic rings. The van der Waals surface area contributed by atoms with Gasteiger partial charge in [-0.2, -0.15) is 0 Å². The van der Waals surface area contributed by atoms with Gasteiger partial charge in [-0.15, -0.1) is 0 Å². The molecule has 0 radical (unpaired) electrons.